The predicted octanol–water partition coefficient (Wildman–Crippen LogP) is 3.38. The molecule has 0 aliphatic heterocycles. The van der Waals surface area contributed by atoms with E-state index in [1.54, 1.807) is 7.11 Å². The van der Waals surface area contributed by atoms with Crippen molar-refractivity contribution in [1.29, 1.82) is 0 Å². The largest absolute Gasteiger partial charge is 0.496 e. The Kier molecular flexibility index (Phi) is 4.84. The normalized spacial score (nSPS) is 10.6. The van der Waals surface area contributed by atoms with Crippen molar-refractivity contribution < 1.29 is 9.15 Å². The number of rotatable bonds is 6. The summed E-state index contributed by atoms with van der Waals surface area (Å²) in [5.41, 5.74) is 1.22. The van der Waals surface area contributed by atoms with Gasteiger partial charge in [0.05, 0.1) is 13.7 Å². The van der Waals surface area contributed by atoms with Crippen LogP contribution in [0.15, 0.2) is 45.5 Å². The molecular weight excluding hydrogens is 294 g/mol. The SMILES string of the molecule is COc1ccccc1CCNCc1ccc(Br)o1. The van der Waals surface area contributed by atoms with E-state index in [0.717, 1.165) is 35.7 Å². The first-order valence-corrected chi connectivity index (χ1v) is 6.65. The van der Waals surface area contributed by atoms with Gasteiger partial charge in [-0.05, 0) is 52.7 Å². The third-order valence-corrected chi connectivity index (χ3v) is 3.12. The van der Waals surface area contributed by atoms with E-state index in [1.807, 2.05) is 30.3 Å². The van der Waals surface area contributed by atoms with Crippen molar-refractivity contribution in [1.82, 2.24) is 5.32 Å². The Morgan fingerprint density at radius 3 is 2.78 bits per heavy atom. The molecule has 4 heteroatoms. The number of methoxy groups -OCH3 is 1. The van der Waals surface area contributed by atoms with Crippen molar-refractivity contribution in [2.45, 2.75) is 13.0 Å². The van der Waals surface area contributed by atoms with E-state index in [4.69, 9.17) is 9.15 Å². The topological polar surface area (TPSA) is 34.4 Å². The molecule has 1 N–H and O–H groups in total. The van der Waals surface area contributed by atoms with Crippen molar-refractivity contribution in [2.75, 3.05) is 13.7 Å². The van der Waals surface area contributed by atoms with Crippen LogP contribution in [0.2, 0.25) is 0 Å². The molecule has 0 radical (unpaired) electrons. The van der Waals surface area contributed by atoms with E-state index in [-0.39, 0.29) is 0 Å². The summed E-state index contributed by atoms with van der Waals surface area (Å²) in [7, 11) is 1.70. The molecule has 1 aromatic carbocycles. The summed E-state index contributed by atoms with van der Waals surface area (Å²) in [6.45, 7) is 1.62. The number of furan rings is 1. The summed E-state index contributed by atoms with van der Waals surface area (Å²) in [5.74, 6) is 1.88. The van der Waals surface area contributed by atoms with Gasteiger partial charge >= 0.3 is 0 Å². The van der Waals surface area contributed by atoms with Crippen LogP contribution in [0.1, 0.15) is 11.3 Å². The van der Waals surface area contributed by atoms with E-state index >= 15 is 0 Å². The van der Waals surface area contributed by atoms with Crippen LogP contribution in [0.3, 0.4) is 0 Å². The van der Waals surface area contributed by atoms with E-state index < -0.39 is 0 Å². The zero-order valence-corrected chi connectivity index (χ0v) is 11.9. The fourth-order valence-electron chi connectivity index (χ4n) is 1.79. The van der Waals surface area contributed by atoms with Gasteiger partial charge in [0.25, 0.3) is 0 Å². The van der Waals surface area contributed by atoms with Crippen LogP contribution in [-0.4, -0.2) is 13.7 Å². The average molecular weight is 310 g/mol. The van der Waals surface area contributed by atoms with Gasteiger partial charge in [0.2, 0.25) is 0 Å². The van der Waals surface area contributed by atoms with E-state index in [1.165, 1.54) is 5.56 Å². The molecule has 0 saturated carbocycles. The summed E-state index contributed by atoms with van der Waals surface area (Å²) in [6.07, 6.45) is 0.936. The lowest BCUT2D eigenvalue weighted by atomic mass is 10.1. The Hall–Kier alpha value is -1.26. The van der Waals surface area contributed by atoms with Crippen LogP contribution < -0.4 is 10.1 Å². The van der Waals surface area contributed by atoms with E-state index in [2.05, 4.69) is 27.3 Å². The minimum Gasteiger partial charge on any atom is -0.496 e. The molecule has 0 bridgehead atoms. The molecular formula is C14H16BrNO2. The van der Waals surface area contributed by atoms with Gasteiger partial charge in [0.15, 0.2) is 4.67 Å². The van der Waals surface area contributed by atoms with Gasteiger partial charge in [-0.15, -0.1) is 0 Å². The van der Waals surface area contributed by atoms with Gasteiger partial charge in [-0.2, -0.15) is 0 Å². The first-order chi connectivity index (χ1) is 8.79. The smallest absolute Gasteiger partial charge is 0.169 e. The fraction of sp³-hybridized carbons (Fsp3) is 0.286. The summed E-state index contributed by atoms with van der Waals surface area (Å²) >= 11 is 3.29. The standard InChI is InChI=1S/C14H16BrNO2/c1-17-13-5-3-2-4-11(13)8-9-16-10-12-6-7-14(15)18-12/h2-7,16H,8-10H2,1H3. The van der Waals surface area contributed by atoms with Crippen molar-refractivity contribution >= 4 is 15.9 Å². The van der Waals surface area contributed by atoms with Gasteiger partial charge in [-0.3, -0.25) is 0 Å². The maximum atomic E-state index is 5.41. The quantitative estimate of drug-likeness (QED) is 0.831. The van der Waals surface area contributed by atoms with Gasteiger partial charge in [-0.1, -0.05) is 18.2 Å². The van der Waals surface area contributed by atoms with Crippen molar-refractivity contribution in [2.24, 2.45) is 0 Å². The highest BCUT2D eigenvalue weighted by atomic mass is 79.9. The summed E-state index contributed by atoms with van der Waals surface area (Å²) in [6, 6.07) is 11.9. The van der Waals surface area contributed by atoms with Crippen molar-refractivity contribution in [3.8, 4) is 5.75 Å². The number of hydrogen-bond acceptors (Lipinski definition) is 3. The van der Waals surface area contributed by atoms with Crippen molar-refractivity contribution in [3.63, 3.8) is 0 Å². The van der Waals surface area contributed by atoms with Crippen LogP contribution in [0.25, 0.3) is 0 Å². The number of nitrogens with one attached hydrogen (secondary N) is 1. The lowest BCUT2D eigenvalue weighted by Crippen LogP contribution is -2.16. The minimum absolute atomic E-state index is 0.737. The number of ether oxygens (including phenoxy) is 1. The fourth-order valence-corrected chi connectivity index (χ4v) is 2.13. The molecule has 1 aromatic heterocycles. The molecule has 2 rings (SSSR count). The minimum atomic E-state index is 0.737. The molecule has 3 nitrogen and oxygen atoms in total. The highest BCUT2D eigenvalue weighted by Gasteiger charge is 2.02. The van der Waals surface area contributed by atoms with Gasteiger partial charge in [-0.25, -0.2) is 0 Å². The lowest BCUT2D eigenvalue weighted by molar-refractivity contribution is 0.408. The Morgan fingerprint density at radius 2 is 2.06 bits per heavy atom. The maximum absolute atomic E-state index is 5.41. The molecule has 0 saturated heterocycles. The first-order valence-electron chi connectivity index (χ1n) is 5.86. The van der Waals surface area contributed by atoms with Gasteiger partial charge in [0, 0.05) is 0 Å². The van der Waals surface area contributed by atoms with Gasteiger partial charge < -0.3 is 14.5 Å². The van der Waals surface area contributed by atoms with E-state index in [9.17, 15) is 0 Å². The Bertz CT molecular complexity index is 496. The summed E-state index contributed by atoms with van der Waals surface area (Å²) in [4.78, 5) is 0. The van der Waals surface area contributed by atoms with E-state index in [0.29, 0.717) is 0 Å². The number of halogens is 1. The summed E-state index contributed by atoms with van der Waals surface area (Å²) in [5, 5.41) is 3.34. The van der Waals surface area contributed by atoms with Crippen LogP contribution in [0.5, 0.6) is 5.75 Å². The van der Waals surface area contributed by atoms with Crippen molar-refractivity contribution in [3.05, 3.63) is 52.4 Å². The number of hydrogen-bond donors (Lipinski definition) is 1. The van der Waals surface area contributed by atoms with Crippen LogP contribution in [0, 0.1) is 0 Å². The Labute approximate surface area is 115 Å². The lowest BCUT2D eigenvalue weighted by Gasteiger charge is -2.08. The molecule has 0 aliphatic rings. The van der Waals surface area contributed by atoms with Crippen LogP contribution in [-0.2, 0) is 13.0 Å². The molecule has 0 unspecified atom stereocenters. The van der Waals surface area contributed by atoms with Crippen LogP contribution in [0.4, 0.5) is 0 Å². The van der Waals surface area contributed by atoms with Gasteiger partial charge in [0.1, 0.15) is 11.5 Å². The molecule has 0 atom stereocenters. The third-order valence-electron chi connectivity index (χ3n) is 2.69. The third kappa shape index (κ3) is 3.62. The second-order valence-corrected chi connectivity index (χ2v) is 4.73. The zero-order chi connectivity index (χ0) is 12.8. The predicted molar refractivity (Wildman–Crippen MR) is 74.8 cm³/mol. The molecule has 2 aromatic rings. The first kappa shape index (κ1) is 13.2. The molecule has 0 aliphatic carbocycles. The molecule has 1 heterocycles. The number of benzene rings is 1. The average Bonchev–Trinajstić information content (AvgIpc) is 2.81. The molecule has 96 valence electrons. The van der Waals surface area contributed by atoms with Crippen LogP contribution >= 0.6 is 15.9 Å². The zero-order valence-electron chi connectivity index (χ0n) is 10.3. The molecule has 0 fully saturated rings. The molecule has 0 spiro atoms. The molecule has 0 amide bonds. The Morgan fingerprint density at radius 1 is 1.22 bits per heavy atom. The maximum Gasteiger partial charge on any atom is 0.169 e. The monoisotopic (exact) mass is 309 g/mol. The number of para-hydroxylation sites is 1. The molecule has 18 heavy (non-hydrogen) atoms. The second-order valence-electron chi connectivity index (χ2n) is 3.94. The second kappa shape index (κ2) is 6.61. The highest BCUT2D eigenvalue weighted by Crippen LogP contribution is 2.17. The summed E-state index contributed by atoms with van der Waals surface area (Å²) < 4.78 is 11.5. The highest BCUT2D eigenvalue weighted by molar-refractivity contribution is 9.10. The Balaban J connectivity index is 1.78.